The van der Waals surface area contributed by atoms with E-state index in [1.165, 1.54) is 0 Å². The molecule has 11 heteroatoms. The van der Waals surface area contributed by atoms with Gasteiger partial charge in [0.25, 0.3) is 0 Å². The van der Waals surface area contributed by atoms with E-state index >= 15 is 0 Å². The number of methoxy groups -OCH3 is 2. The van der Waals surface area contributed by atoms with Gasteiger partial charge in [0.2, 0.25) is 0 Å². The van der Waals surface area contributed by atoms with Crippen LogP contribution in [0.2, 0.25) is 10.0 Å². The lowest BCUT2D eigenvalue weighted by atomic mass is 10.0. The van der Waals surface area contributed by atoms with Crippen LogP contribution in [0.4, 0.5) is 0 Å². The second-order valence-electron chi connectivity index (χ2n) is 6.15. The number of ether oxygens (including phenoxy) is 3. The highest BCUT2D eigenvalue weighted by Gasteiger charge is 2.29. The maximum Gasteiger partial charge on any atom is 0.324 e. The first-order valence-corrected chi connectivity index (χ1v) is 10.5. The van der Waals surface area contributed by atoms with Gasteiger partial charge in [-0.05, 0) is 17.7 Å². The van der Waals surface area contributed by atoms with Crippen LogP contribution in [0.25, 0.3) is 0 Å². The highest BCUT2D eigenvalue weighted by atomic mass is 35.5. The van der Waals surface area contributed by atoms with Gasteiger partial charge in [0, 0.05) is 23.6 Å². The molecule has 1 aromatic heterocycles. The fraction of sp³-hybridized carbons (Fsp3) is 0.368. The second kappa shape index (κ2) is 12.4. The molecule has 0 aliphatic carbocycles. The minimum atomic E-state index is -0.586. The van der Waals surface area contributed by atoms with Gasteiger partial charge in [-0.25, -0.2) is 4.98 Å². The summed E-state index contributed by atoms with van der Waals surface area (Å²) in [5.41, 5.74) is 1.46. The van der Waals surface area contributed by atoms with Gasteiger partial charge >= 0.3 is 5.97 Å². The maximum absolute atomic E-state index is 12.6. The number of pyridine rings is 1. The smallest absolute Gasteiger partial charge is 0.324 e. The Kier molecular flexibility index (Phi) is 11.0. The van der Waals surface area contributed by atoms with Crippen LogP contribution in [0.1, 0.15) is 17.2 Å². The number of aromatic amines is 1. The summed E-state index contributed by atoms with van der Waals surface area (Å²) in [6.07, 6.45) is 3.03. The van der Waals surface area contributed by atoms with E-state index < -0.39 is 6.10 Å². The standard InChI is InChI=1S/C19H20Cl2N2O4S.ClH.H2O/c1-25-16-4-3-11(5-18(16)26-2)17(27-19(24)15-9-28-10-23-15)6-12-13(20)7-22-8-14(12)21;;/h3-5,7-8,15,17,23H,6,9-10H2,1-2H3;1H;1H2/t15-,17-;;/m0../s1. The Morgan fingerprint density at radius 3 is 2.47 bits per heavy atom. The van der Waals surface area contributed by atoms with Gasteiger partial charge in [0.1, 0.15) is 22.2 Å². The number of nitrogens with one attached hydrogen (secondary N) is 2. The number of benzene rings is 1. The average molecular weight is 498 g/mol. The number of rotatable bonds is 7. The number of hydrogen-bond acceptors (Lipinski definition) is 7. The summed E-state index contributed by atoms with van der Waals surface area (Å²) in [5, 5.41) is 4.08. The first-order chi connectivity index (χ1) is 13.5. The molecule has 2 heterocycles. The maximum atomic E-state index is 12.6. The lowest BCUT2D eigenvalue weighted by Crippen LogP contribution is -2.35. The lowest BCUT2D eigenvalue weighted by molar-refractivity contribution is -0.377. The van der Waals surface area contributed by atoms with Crippen LogP contribution in [0.3, 0.4) is 0 Å². The van der Waals surface area contributed by atoms with Crippen molar-refractivity contribution in [2.75, 3.05) is 25.8 Å². The Balaban J connectivity index is 0.00000225. The molecule has 0 amide bonds. The molecule has 2 atom stereocenters. The van der Waals surface area contributed by atoms with Crippen molar-refractivity contribution in [1.82, 2.24) is 5.32 Å². The van der Waals surface area contributed by atoms with Gasteiger partial charge < -0.3 is 19.7 Å². The number of esters is 1. The molecule has 2 aromatic rings. The van der Waals surface area contributed by atoms with Crippen molar-refractivity contribution in [3.05, 3.63) is 51.8 Å². The number of H-pyrrole nitrogens is 1. The summed E-state index contributed by atoms with van der Waals surface area (Å²) in [6, 6.07) is 5.08. The first-order valence-electron chi connectivity index (χ1n) is 8.61. The van der Waals surface area contributed by atoms with Crippen molar-refractivity contribution in [1.29, 1.82) is 0 Å². The van der Waals surface area contributed by atoms with Crippen molar-refractivity contribution in [2.24, 2.45) is 0 Å². The monoisotopic (exact) mass is 496 g/mol. The van der Waals surface area contributed by atoms with Gasteiger partial charge in [0.15, 0.2) is 23.9 Å². The van der Waals surface area contributed by atoms with Crippen LogP contribution in [0.15, 0.2) is 30.6 Å². The topological polar surface area (TPSA) is 101 Å². The number of aromatic nitrogens is 1. The number of carbonyl (C=O) groups is 1. The minimum Gasteiger partial charge on any atom is -0.870 e. The van der Waals surface area contributed by atoms with Gasteiger partial charge in [-0.3, -0.25) is 10.1 Å². The van der Waals surface area contributed by atoms with E-state index in [9.17, 15) is 4.79 Å². The van der Waals surface area contributed by atoms with Gasteiger partial charge in [-0.15, -0.1) is 24.2 Å². The quantitative estimate of drug-likeness (QED) is 0.584. The third-order valence-corrected chi connectivity index (χ3v) is 6.04. The molecule has 0 radical (unpaired) electrons. The molecule has 3 rings (SSSR count). The molecule has 0 bridgehead atoms. The van der Waals surface area contributed by atoms with Crippen LogP contribution in [0, 0.1) is 0 Å². The zero-order valence-corrected chi connectivity index (χ0v) is 19.5. The Labute approximate surface area is 195 Å². The largest absolute Gasteiger partial charge is 0.870 e. The van der Waals surface area contributed by atoms with E-state index in [0.29, 0.717) is 39.3 Å². The zero-order valence-electron chi connectivity index (χ0n) is 16.3. The molecule has 0 saturated carbocycles. The first kappa shape index (κ1) is 26.6. The number of carbonyl (C=O) groups excluding carboxylic acids is 1. The van der Waals surface area contributed by atoms with Crippen molar-refractivity contribution >= 4 is 53.3 Å². The third kappa shape index (κ3) is 6.29. The Bertz CT molecular complexity index is 833. The molecular formula is C19H23Cl3N2O5S. The molecule has 3 N–H and O–H groups in total. The minimum absolute atomic E-state index is 0. The van der Waals surface area contributed by atoms with E-state index in [2.05, 4.69) is 10.3 Å². The summed E-state index contributed by atoms with van der Waals surface area (Å²) in [5.74, 6) is 2.25. The Morgan fingerprint density at radius 2 is 1.90 bits per heavy atom. The predicted molar refractivity (Wildman–Crippen MR) is 119 cm³/mol. The van der Waals surface area contributed by atoms with Crippen LogP contribution >= 0.6 is 47.4 Å². The zero-order chi connectivity index (χ0) is 20.1. The summed E-state index contributed by atoms with van der Waals surface area (Å²) in [4.78, 5) is 15.5. The van der Waals surface area contributed by atoms with E-state index in [-0.39, 0.29) is 29.9 Å². The molecule has 30 heavy (non-hydrogen) atoms. The SMILES string of the molecule is COc1ccc([C@H](Cc2c(Cl)c[nH+]cc2Cl)OC(=O)[C@@H]2CSCN2)cc1OC.Cl.[OH-]. The molecule has 1 fully saturated rings. The second-order valence-corrected chi connectivity index (χ2v) is 7.99. The van der Waals surface area contributed by atoms with Crippen molar-refractivity contribution < 1.29 is 29.5 Å². The van der Waals surface area contributed by atoms with E-state index in [0.717, 1.165) is 11.4 Å². The molecule has 1 aliphatic heterocycles. The molecule has 166 valence electrons. The molecule has 7 nitrogen and oxygen atoms in total. The molecule has 1 aromatic carbocycles. The molecule has 0 unspecified atom stereocenters. The van der Waals surface area contributed by atoms with Crippen LogP contribution < -0.4 is 19.8 Å². The number of hydrogen-bond donors (Lipinski definition) is 1. The molecule has 1 aliphatic rings. The average Bonchev–Trinajstić information content (AvgIpc) is 3.24. The normalized spacial score (nSPS) is 16.1. The van der Waals surface area contributed by atoms with Gasteiger partial charge in [-0.2, -0.15) is 0 Å². The third-order valence-electron chi connectivity index (χ3n) is 4.42. The van der Waals surface area contributed by atoms with E-state index in [1.54, 1.807) is 50.5 Å². The van der Waals surface area contributed by atoms with Crippen molar-refractivity contribution in [3.63, 3.8) is 0 Å². The Morgan fingerprint density at radius 1 is 1.23 bits per heavy atom. The summed E-state index contributed by atoms with van der Waals surface area (Å²) in [6.45, 7) is 0. The molecule has 0 spiro atoms. The summed E-state index contributed by atoms with van der Waals surface area (Å²) in [7, 11) is 3.13. The van der Waals surface area contributed by atoms with Gasteiger partial charge in [0.05, 0.1) is 14.2 Å². The molecular weight excluding hydrogens is 475 g/mol. The highest BCUT2D eigenvalue weighted by Crippen LogP contribution is 2.35. The van der Waals surface area contributed by atoms with Crippen molar-refractivity contribution in [3.8, 4) is 11.5 Å². The number of halogens is 3. The van der Waals surface area contributed by atoms with Crippen molar-refractivity contribution in [2.45, 2.75) is 18.6 Å². The summed E-state index contributed by atoms with van der Waals surface area (Å²) < 4.78 is 16.6. The fourth-order valence-corrected chi connectivity index (χ4v) is 4.37. The van der Waals surface area contributed by atoms with Crippen LogP contribution in [-0.2, 0) is 16.0 Å². The summed E-state index contributed by atoms with van der Waals surface area (Å²) >= 11 is 14.3. The molecule has 1 saturated heterocycles. The lowest BCUT2D eigenvalue weighted by Gasteiger charge is -2.22. The predicted octanol–water partition coefficient (Wildman–Crippen LogP) is 3.56. The Hall–Kier alpha value is -1.42. The van der Waals surface area contributed by atoms with Crippen LogP contribution in [-0.4, -0.2) is 43.3 Å². The van der Waals surface area contributed by atoms with Crippen LogP contribution in [0.5, 0.6) is 11.5 Å². The van der Waals surface area contributed by atoms with E-state index in [1.807, 2.05) is 6.07 Å². The van der Waals surface area contributed by atoms with E-state index in [4.69, 9.17) is 37.4 Å². The fourth-order valence-electron chi connectivity index (χ4n) is 2.91. The highest BCUT2D eigenvalue weighted by molar-refractivity contribution is 7.99. The van der Waals surface area contributed by atoms with Gasteiger partial charge in [-0.1, -0.05) is 29.3 Å². The number of thioether (sulfide) groups is 1.